The molecular weight excluding hydrogens is 377 g/mol. The van der Waals surface area contributed by atoms with Crippen molar-refractivity contribution in [3.63, 3.8) is 0 Å². The van der Waals surface area contributed by atoms with E-state index < -0.39 is 23.9 Å². The normalized spacial score (nSPS) is 12.5. The first kappa shape index (κ1) is 19.3. The number of alkyl halides is 3. The third-order valence-corrected chi connectivity index (χ3v) is 4.89. The minimum atomic E-state index is -4.44. The van der Waals surface area contributed by atoms with Crippen molar-refractivity contribution in [2.24, 2.45) is 0 Å². The number of aromatic nitrogens is 2. The van der Waals surface area contributed by atoms with Crippen molar-refractivity contribution in [3.8, 4) is 5.75 Å². The first-order valence-electron chi connectivity index (χ1n) is 7.03. The minimum absolute atomic E-state index is 0.465. The van der Waals surface area contributed by atoms with E-state index >= 15 is 0 Å². The highest BCUT2D eigenvalue weighted by molar-refractivity contribution is 8.02. The summed E-state index contributed by atoms with van der Waals surface area (Å²) in [5.74, 6) is -0.0800. The molecule has 0 saturated heterocycles. The highest BCUT2D eigenvalue weighted by atomic mass is 32.2. The molecule has 25 heavy (non-hydrogen) atoms. The lowest BCUT2D eigenvalue weighted by Crippen LogP contribution is -2.37. The number of methoxy groups -OCH3 is 1. The number of para-hydroxylation sites is 2. The zero-order valence-electron chi connectivity index (χ0n) is 13.3. The zero-order valence-corrected chi connectivity index (χ0v) is 14.9. The van der Waals surface area contributed by atoms with E-state index in [-0.39, 0.29) is 0 Å². The fraction of sp³-hybridized carbons (Fsp3) is 0.357. The molecule has 0 aliphatic carbocycles. The number of halogens is 3. The van der Waals surface area contributed by atoms with Crippen LogP contribution in [0.4, 0.5) is 24.0 Å². The van der Waals surface area contributed by atoms with Gasteiger partial charge in [-0.3, -0.25) is 4.79 Å². The van der Waals surface area contributed by atoms with Crippen molar-refractivity contribution in [3.05, 3.63) is 24.3 Å². The Morgan fingerprint density at radius 1 is 1.36 bits per heavy atom. The van der Waals surface area contributed by atoms with Crippen LogP contribution >= 0.6 is 23.1 Å². The molecule has 1 unspecified atom stereocenters. The number of nitrogens with zero attached hydrogens (tertiary/aromatic N) is 2. The summed E-state index contributed by atoms with van der Waals surface area (Å²) < 4.78 is 42.0. The largest absolute Gasteiger partial charge is 0.495 e. The Kier molecular flexibility index (Phi) is 6.48. The molecule has 0 saturated carbocycles. The molecule has 6 nitrogen and oxygen atoms in total. The molecule has 136 valence electrons. The predicted molar refractivity (Wildman–Crippen MR) is 90.6 cm³/mol. The predicted octanol–water partition coefficient (Wildman–Crippen LogP) is 3.45. The SMILES string of the molecule is COc1ccccc1Nc1nnc(SC(C)C(=O)NCC(F)(F)F)s1. The summed E-state index contributed by atoms with van der Waals surface area (Å²) >= 11 is 2.23. The van der Waals surface area contributed by atoms with Crippen LogP contribution in [0.1, 0.15) is 6.92 Å². The summed E-state index contributed by atoms with van der Waals surface area (Å²) in [5.41, 5.74) is 0.702. The molecule has 0 spiro atoms. The third-order valence-electron chi connectivity index (χ3n) is 2.86. The van der Waals surface area contributed by atoms with Gasteiger partial charge in [0.2, 0.25) is 11.0 Å². The lowest BCUT2D eigenvalue weighted by Gasteiger charge is -2.11. The van der Waals surface area contributed by atoms with Crippen molar-refractivity contribution in [1.29, 1.82) is 0 Å². The lowest BCUT2D eigenvalue weighted by molar-refractivity contribution is -0.137. The molecule has 0 aliphatic heterocycles. The van der Waals surface area contributed by atoms with Crippen LogP contribution in [-0.4, -0.2) is 41.2 Å². The average Bonchev–Trinajstić information content (AvgIpc) is 2.99. The van der Waals surface area contributed by atoms with E-state index in [0.717, 1.165) is 11.8 Å². The maximum Gasteiger partial charge on any atom is 0.405 e. The molecule has 1 aromatic carbocycles. The molecule has 2 rings (SSSR count). The number of rotatable bonds is 7. The maximum atomic E-state index is 12.1. The van der Waals surface area contributed by atoms with Gasteiger partial charge < -0.3 is 15.4 Å². The Bertz CT molecular complexity index is 724. The van der Waals surface area contributed by atoms with Gasteiger partial charge in [-0.1, -0.05) is 35.2 Å². The number of ether oxygens (including phenoxy) is 1. The topological polar surface area (TPSA) is 76.1 Å². The summed E-state index contributed by atoms with van der Waals surface area (Å²) in [5, 5.41) is 12.5. The summed E-state index contributed by atoms with van der Waals surface area (Å²) in [4.78, 5) is 11.7. The summed E-state index contributed by atoms with van der Waals surface area (Å²) in [6.45, 7) is 0.151. The van der Waals surface area contributed by atoms with Crippen LogP contribution in [0.2, 0.25) is 0 Å². The fourth-order valence-electron chi connectivity index (χ4n) is 1.71. The van der Waals surface area contributed by atoms with E-state index in [1.165, 1.54) is 18.3 Å². The van der Waals surface area contributed by atoms with Crippen LogP contribution in [0.25, 0.3) is 0 Å². The Morgan fingerprint density at radius 2 is 2.08 bits per heavy atom. The second kappa shape index (κ2) is 8.39. The van der Waals surface area contributed by atoms with Crippen molar-refractivity contribution < 1.29 is 22.7 Å². The van der Waals surface area contributed by atoms with Crippen molar-refractivity contribution in [2.45, 2.75) is 22.7 Å². The van der Waals surface area contributed by atoms with E-state index in [2.05, 4.69) is 15.5 Å². The van der Waals surface area contributed by atoms with Crippen LogP contribution in [-0.2, 0) is 4.79 Å². The number of amides is 1. The monoisotopic (exact) mass is 392 g/mol. The first-order chi connectivity index (χ1) is 11.8. The van der Waals surface area contributed by atoms with Gasteiger partial charge in [-0.2, -0.15) is 13.2 Å². The van der Waals surface area contributed by atoms with Gasteiger partial charge in [0.25, 0.3) is 0 Å². The standard InChI is InChI=1S/C14H15F3N4O2S2/c1-8(11(22)18-7-14(15,16)17)24-13-21-20-12(25-13)19-9-5-3-4-6-10(9)23-2/h3-6,8H,7H2,1-2H3,(H,18,22)(H,19,20). The fourth-order valence-corrected chi connectivity index (χ4v) is 3.64. The van der Waals surface area contributed by atoms with Crippen LogP contribution < -0.4 is 15.4 Å². The summed E-state index contributed by atoms with van der Waals surface area (Å²) in [6.07, 6.45) is -4.44. The molecule has 0 fully saturated rings. The maximum absolute atomic E-state index is 12.1. The van der Waals surface area contributed by atoms with E-state index in [0.29, 0.717) is 20.9 Å². The molecule has 0 radical (unpaired) electrons. The molecule has 1 amide bonds. The Hall–Kier alpha value is -2.01. The number of carbonyl (C=O) groups excluding carboxylic acids is 1. The Labute approximate surface area is 150 Å². The van der Waals surface area contributed by atoms with E-state index in [1.807, 2.05) is 17.4 Å². The van der Waals surface area contributed by atoms with Gasteiger partial charge in [-0.25, -0.2) is 0 Å². The average molecular weight is 392 g/mol. The number of hydrogen-bond acceptors (Lipinski definition) is 7. The van der Waals surface area contributed by atoms with Crippen LogP contribution in [0.15, 0.2) is 28.6 Å². The second-order valence-electron chi connectivity index (χ2n) is 4.79. The number of carbonyl (C=O) groups is 1. The molecular formula is C14H15F3N4O2S2. The number of benzene rings is 1. The molecule has 2 N–H and O–H groups in total. The smallest absolute Gasteiger partial charge is 0.405 e. The second-order valence-corrected chi connectivity index (χ2v) is 7.36. The van der Waals surface area contributed by atoms with E-state index in [4.69, 9.17) is 4.74 Å². The van der Waals surface area contributed by atoms with Gasteiger partial charge in [-0.15, -0.1) is 10.2 Å². The molecule has 11 heteroatoms. The summed E-state index contributed by atoms with van der Waals surface area (Å²) in [6, 6.07) is 7.24. The number of thioether (sulfide) groups is 1. The zero-order chi connectivity index (χ0) is 18.4. The van der Waals surface area contributed by atoms with Crippen molar-refractivity contribution in [1.82, 2.24) is 15.5 Å². The third kappa shape index (κ3) is 6.09. The number of hydrogen-bond donors (Lipinski definition) is 2. The van der Waals surface area contributed by atoms with Crippen LogP contribution in [0.5, 0.6) is 5.75 Å². The van der Waals surface area contributed by atoms with Crippen molar-refractivity contribution >= 4 is 39.8 Å². The van der Waals surface area contributed by atoms with Crippen LogP contribution in [0.3, 0.4) is 0 Å². The van der Waals surface area contributed by atoms with Crippen molar-refractivity contribution in [2.75, 3.05) is 19.0 Å². The van der Waals surface area contributed by atoms with Gasteiger partial charge in [0.1, 0.15) is 12.3 Å². The minimum Gasteiger partial charge on any atom is -0.495 e. The highest BCUT2D eigenvalue weighted by Gasteiger charge is 2.29. The molecule has 0 aliphatic rings. The van der Waals surface area contributed by atoms with E-state index in [9.17, 15) is 18.0 Å². The highest BCUT2D eigenvalue weighted by Crippen LogP contribution is 2.33. The van der Waals surface area contributed by atoms with Gasteiger partial charge in [-0.05, 0) is 19.1 Å². The van der Waals surface area contributed by atoms with Gasteiger partial charge >= 0.3 is 6.18 Å². The first-order valence-corrected chi connectivity index (χ1v) is 8.73. The quantitative estimate of drug-likeness (QED) is 0.703. The molecule has 1 heterocycles. The molecule has 0 bridgehead atoms. The van der Waals surface area contributed by atoms with Crippen LogP contribution in [0, 0.1) is 0 Å². The number of nitrogens with one attached hydrogen (secondary N) is 2. The Balaban J connectivity index is 1.93. The summed E-state index contributed by atoms with van der Waals surface area (Å²) in [7, 11) is 1.54. The molecule has 1 atom stereocenters. The van der Waals surface area contributed by atoms with Gasteiger partial charge in [0, 0.05) is 0 Å². The molecule has 1 aromatic heterocycles. The number of anilines is 2. The van der Waals surface area contributed by atoms with Gasteiger partial charge in [0.05, 0.1) is 18.0 Å². The van der Waals surface area contributed by atoms with Gasteiger partial charge in [0.15, 0.2) is 4.34 Å². The lowest BCUT2D eigenvalue weighted by atomic mass is 10.3. The van der Waals surface area contributed by atoms with E-state index in [1.54, 1.807) is 19.2 Å². The Morgan fingerprint density at radius 3 is 2.76 bits per heavy atom. The molecule has 2 aromatic rings.